The smallest absolute Gasteiger partial charge is 0.242 e. The number of ketones is 2. The van der Waals surface area contributed by atoms with Gasteiger partial charge in [0.05, 0.1) is 0 Å². The zero-order chi connectivity index (χ0) is 23.4. The summed E-state index contributed by atoms with van der Waals surface area (Å²) in [6, 6.07) is -0.248. The lowest BCUT2D eigenvalue weighted by Gasteiger charge is -2.21. The second-order valence-corrected chi connectivity index (χ2v) is 8.02. The minimum atomic E-state index is -0.587. The molecule has 7 heteroatoms. The van der Waals surface area contributed by atoms with Crippen molar-refractivity contribution in [3.63, 3.8) is 0 Å². The van der Waals surface area contributed by atoms with E-state index in [0.717, 1.165) is 19.3 Å². The van der Waals surface area contributed by atoms with Gasteiger partial charge in [-0.2, -0.15) is 0 Å². The van der Waals surface area contributed by atoms with Crippen LogP contribution < -0.4 is 16.0 Å². The molecule has 7 nitrogen and oxygen atoms in total. The van der Waals surface area contributed by atoms with Crippen LogP contribution in [0.4, 0.5) is 0 Å². The molecule has 0 fully saturated rings. The van der Waals surface area contributed by atoms with E-state index in [4.69, 9.17) is 0 Å². The summed E-state index contributed by atoms with van der Waals surface area (Å²) in [5.41, 5.74) is 0. The zero-order valence-corrected chi connectivity index (χ0v) is 20.0. The van der Waals surface area contributed by atoms with Gasteiger partial charge in [0.2, 0.25) is 12.3 Å². The van der Waals surface area contributed by atoms with Crippen LogP contribution in [0, 0.1) is 0 Å². The first kappa shape index (κ1) is 30.4. The van der Waals surface area contributed by atoms with Crippen molar-refractivity contribution < 1.29 is 19.2 Å². The van der Waals surface area contributed by atoms with Crippen LogP contribution in [0.25, 0.3) is 0 Å². The largest absolute Gasteiger partial charge is 0.351 e. The Bertz CT molecular complexity index is 483. The van der Waals surface area contributed by atoms with E-state index in [2.05, 4.69) is 36.7 Å². The number of amides is 2. The molecule has 0 spiro atoms. The van der Waals surface area contributed by atoms with E-state index < -0.39 is 6.04 Å². The molecule has 3 atom stereocenters. The van der Waals surface area contributed by atoms with Gasteiger partial charge < -0.3 is 20.7 Å². The fourth-order valence-corrected chi connectivity index (χ4v) is 2.88. The zero-order valence-electron chi connectivity index (χ0n) is 20.0. The van der Waals surface area contributed by atoms with Crippen LogP contribution in [0.5, 0.6) is 0 Å². The summed E-state index contributed by atoms with van der Waals surface area (Å²) in [4.78, 5) is 45.2. The van der Waals surface area contributed by atoms with Gasteiger partial charge in [0.25, 0.3) is 0 Å². The average Bonchev–Trinajstić information content (AvgIpc) is 2.69. The van der Waals surface area contributed by atoms with Crippen LogP contribution in [0.15, 0.2) is 0 Å². The van der Waals surface area contributed by atoms with E-state index in [9.17, 15) is 19.2 Å². The number of nitrogens with one attached hydrogen (secondary N) is 3. The third kappa shape index (κ3) is 19.6. The molecule has 0 aromatic rings. The first-order valence-electron chi connectivity index (χ1n) is 11.4. The number of Topliss-reactive ketones (excluding diaryl/α,β-unsaturated/α-hetero) is 2. The topological polar surface area (TPSA) is 104 Å². The number of hydrogen-bond donors (Lipinski definition) is 3. The highest BCUT2D eigenvalue weighted by molar-refractivity contribution is 5.85. The first-order chi connectivity index (χ1) is 14.2. The van der Waals surface area contributed by atoms with Crippen LogP contribution >= 0.6 is 0 Å². The van der Waals surface area contributed by atoms with Crippen LogP contribution in [0.2, 0.25) is 0 Å². The summed E-state index contributed by atoms with van der Waals surface area (Å²) in [5, 5.41) is 8.50. The van der Waals surface area contributed by atoms with Gasteiger partial charge in [-0.1, -0.05) is 46.0 Å². The Morgan fingerprint density at radius 3 is 2.00 bits per heavy atom. The van der Waals surface area contributed by atoms with Crippen molar-refractivity contribution >= 4 is 23.9 Å². The van der Waals surface area contributed by atoms with Crippen molar-refractivity contribution in [2.24, 2.45) is 0 Å². The predicted octanol–water partition coefficient (Wildman–Crippen LogP) is 3.30. The molecule has 0 aromatic carbocycles. The third-order valence-corrected chi connectivity index (χ3v) is 4.89. The number of rotatable bonds is 17. The minimum absolute atomic E-state index is 0.0216. The van der Waals surface area contributed by atoms with E-state index in [-0.39, 0.29) is 29.9 Å². The molecular weight excluding hydrogens is 382 g/mol. The van der Waals surface area contributed by atoms with Gasteiger partial charge in [0.15, 0.2) is 0 Å². The number of carbonyl (C=O) groups excluding carboxylic acids is 4. The predicted molar refractivity (Wildman–Crippen MR) is 122 cm³/mol. The van der Waals surface area contributed by atoms with E-state index >= 15 is 0 Å². The number of unbranched alkanes of at least 4 members (excludes halogenated alkanes) is 3. The second kappa shape index (κ2) is 20.5. The molecule has 0 rings (SSSR count). The molecule has 0 aliphatic heterocycles. The Kier molecular flexibility index (Phi) is 20.8. The van der Waals surface area contributed by atoms with Crippen molar-refractivity contribution in [3.05, 3.63) is 0 Å². The maximum Gasteiger partial charge on any atom is 0.242 e. The van der Waals surface area contributed by atoms with Gasteiger partial charge in [-0.05, 0) is 47.1 Å². The number of carbonyl (C=O) groups is 4. The van der Waals surface area contributed by atoms with E-state index in [1.165, 1.54) is 33.1 Å². The van der Waals surface area contributed by atoms with Crippen molar-refractivity contribution in [2.75, 3.05) is 7.05 Å². The van der Waals surface area contributed by atoms with Crippen LogP contribution in [-0.2, 0) is 19.2 Å². The fraction of sp³-hybridized carbons (Fsp3) is 0.826. The third-order valence-electron chi connectivity index (χ3n) is 4.89. The van der Waals surface area contributed by atoms with Crippen molar-refractivity contribution in [3.8, 4) is 0 Å². The summed E-state index contributed by atoms with van der Waals surface area (Å²) < 4.78 is 0. The Balaban J connectivity index is 0. The van der Waals surface area contributed by atoms with Crippen LogP contribution in [0.3, 0.4) is 0 Å². The van der Waals surface area contributed by atoms with Gasteiger partial charge in [-0.15, -0.1) is 0 Å². The van der Waals surface area contributed by atoms with Crippen molar-refractivity contribution in [1.29, 1.82) is 0 Å². The molecule has 3 unspecified atom stereocenters. The van der Waals surface area contributed by atoms with Crippen LogP contribution in [0.1, 0.15) is 98.8 Å². The van der Waals surface area contributed by atoms with Crippen molar-refractivity contribution in [1.82, 2.24) is 16.0 Å². The molecule has 30 heavy (non-hydrogen) atoms. The van der Waals surface area contributed by atoms with Crippen LogP contribution in [-0.4, -0.2) is 49.1 Å². The van der Waals surface area contributed by atoms with E-state index in [1.807, 2.05) is 7.05 Å². The molecule has 0 saturated heterocycles. The molecule has 0 bridgehead atoms. The van der Waals surface area contributed by atoms with Gasteiger partial charge in [-0.25, -0.2) is 0 Å². The molecule has 176 valence electrons. The highest BCUT2D eigenvalue weighted by Gasteiger charge is 2.21. The summed E-state index contributed by atoms with van der Waals surface area (Å²) in [6.07, 6.45) is 8.88. The fourth-order valence-electron chi connectivity index (χ4n) is 2.88. The molecular formula is C23H45N3O4. The summed E-state index contributed by atoms with van der Waals surface area (Å²) in [6.45, 7) is 9.44. The molecule has 0 aliphatic carbocycles. The number of hydrogen-bond acceptors (Lipinski definition) is 5. The Labute approximate surface area is 183 Å². The maximum atomic E-state index is 12.2. The van der Waals surface area contributed by atoms with Gasteiger partial charge >= 0.3 is 0 Å². The highest BCUT2D eigenvalue weighted by atomic mass is 16.2. The minimum Gasteiger partial charge on any atom is -0.351 e. The van der Waals surface area contributed by atoms with Gasteiger partial charge in [-0.3, -0.25) is 14.4 Å². The first-order valence-corrected chi connectivity index (χ1v) is 11.4. The van der Waals surface area contributed by atoms with Gasteiger partial charge in [0, 0.05) is 24.9 Å². The normalized spacial score (nSPS) is 13.3. The lowest BCUT2D eigenvalue weighted by Crippen LogP contribution is -2.48. The standard InChI is InChI=1S/C16H28N2O4.C7H17N/c1-4-5-6-7-15(17-11-19)16(22)18-14(10-13(3)21)9-8-12(2)20;1-4-5-6-7(2)8-3/h11,14-15H,4-10H2,1-3H3,(H,17,19)(H,18,22);7-8H,4-6H2,1-3H3. The lowest BCUT2D eigenvalue weighted by molar-refractivity contribution is -0.127. The Hall–Kier alpha value is -1.76. The molecule has 0 aromatic heterocycles. The quantitative estimate of drug-likeness (QED) is 0.244. The van der Waals surface area contributed by atoms with Gasteiger partial charge in [0.1, 0.15) is 17.6 Å². The monoisotopic (exact) mass is 427 g/mol. The molecule has 2 amide bonds. The lowest BCUT2D eigenvalue weighted by atomic mass is 10.0. The maximum absolute atomic E-state index is 12.2. The molecule has 3 N–H and O–H groups in total. The molecule has 0 aliphatic rings. The Morgan fingerprint density at radius 2 is 1.53 bits per heavy atom. The summed E-state index contributed by atoms with van der Waals surface area (Å²) >= 11 is 0. The highest BCUT2D eigenvalue weighted by Crippen LogP contribution is 2.07. The summed E-state index contributed by atoms with van der Waals surface area (Å²) in [5.74, 6) is -0.314. The van der Waals surface area contributed by atoms with Crippen molar-refractivity contribution in [2.45, 2.75) is 117 Å². The van der Waals surface area contributed by atoms with E-state index in [1.54, 1.807) is 0 Å². The SMILES string of the molecule is CCCCC(C)NC.CCCCCC(NC=O)C(=O)NC(CCC(C)=O)CC(C)=O. The Morgan fingerprint density at radius 1 is 0.900 bits per heavy atom. The summed E-state index contributed by atoms with van der Waals surface area (Å²) in [7, 11) is 2.01. The average molecular weight is 428 g/mol. The van der Waals surface area contributed by atoms with E-state index in [0.29, 0.717) is 31.7 Å². The molecule has 0 radical (unpaired) electrons. The second-order valence-electron chi connectivity index (χ2n) is 8.02. The molecule has 0 saturated carbocycles. The molecule has 0 heterocycles.